The third kappa shape index (κ3) is 2.25. The molecule has 0 spiro atoms. The van der Waals surface area contributed by atoms with Crippen LogP contribution in [0.2, 0.25) is 0 Å². The van der Waals surface area contributed by atoms with Gasteiger partial charge in [-0.2, -0.15) is 13.1 Å². The zero-order valence-electron chi connectivity index (χ0n) is 8.87. The van der Waals surface area contributed by atoms with Crippen LogP contribution in [-0.2, 0) is 10.2 Å². The average molecular weight is 221 g/mol. The molecular formula is C8H19N3O2S. The van der Waals surface area contributed by atoms with Gasteiger partial charge in [0.1, 0.15) is 0 Å². The lowest BCUT2D eigenvalue weighted by molar-refractivity contribution is 0.0901. The molecule has 4 N–H and O–H groups in total. The van der Waals surface area contributed by atoms with Gasteiger partial charge in [-0.1, -0.05) is 20.8 Å². The summed E-state index contributed by atoms with van der Waals surface area (Å²) in [4.78, 5) is 0. The molecule has 1 aliphatic rings. The number of nitrogens with one attached hydrogen (secondary N) is 2. The van der Waals surface area contributed by atoms with Gasteiger partial charge in [-0.3, -0.25) is 0 Å². The summed E-state index contributed by atoms with van der Waals surface area (Å²) in [6.07, 6.45) is 0.706. The Hall–Kier alpha value is -0.170. The van der Waals surface area contributed by atoms with Crippen molar-refractivity contribution < 1.29 is 8.42 Å². The quantitative estimate of drug-likeness (QED) is 0.601. The van der Waals surface area contributed by atoms with E-state index in [1.807, 2.05) is 13.8 Å². The minimum atomic E-state index is -3.34. The van der Waals surface area contributed by atoms with Crippen LogP contribution in [0.5, 0.6) is 0 Å². The minimum Gasteiger partial charge on any atom is -0.327 e. The van der Waals surface area contributed by atoms with Gasteiger partial charge in [0.2, 0.25) is 0 Å². The van der Waals surface area contributed by atoms with Crippen molar-refractivity contribution in [3.8, 4) is 0 Å². The molecule has 0 amide bonds. The Morgan fingerprint density at radius 3 is 2.43 bits per heavy atom. The summed E-state index contributed by atoms with van der Waals surface area (Å²) >= 11 is 0. The Labute approximate surface area is 85.6 Å². The van der Waals surface area contributed by atoms with Crippen LogP contribution in [0, 0.1) is 5.41 Å². The summed E-state index contributed by atoms with van der Waals surface area (Å²) in [5.74, 6) is 0. The maximum absolute atomic E-state index is 11.4. The topological polar surface area (TPSA) is 84.2 Å². The second-order valence-electron chi connectivity index (χ2n) is 4.34. The van der Waals surface area contributed by atoms with Gasteiger partial charge in [0.05, 0.1) is 0 Å². The minimum absolute atomic E-state index is 0.0541. The Bertz CT molecular complexity index is 300. The Morgan fingerprint density at radius 2 is 2.07 bits per heavy atom. The van der Waals surface area contributed by atoms with E-state index < -0.39 is 10.2 Å². The van der Waals surface area contributed by atoms with E-state index in [0.717, 1.165) is 0 Å². The molecule has 1 rings (SSSR count). The summed E-state index contributed by atoms with van der Waals surface area (Å²) in [6, 6.07) is 0.0263. The van der Waals surface area contributed by atoms with Gasteiger partial charge in [0.15, 0.2) is 0 Å². The predicted molar refractivity (Wildman–Crippen MR) is 55.9 cm³/mol. The second kappa shape index (κ2) is 3.77. The molecule has 84 valence electrons. The van der Waals surface area contributed by atoms with Gasteiger partial charge >= 0.3 is 0 Å². The van der Waals surface area contributed by atoms with Gasteiger partial charge in [-0.25, -0.2) is 4.72 Å². The van der Waals surface area contributed by atoms with E-state index in [0.29, 0.717) is 13.0 Å². The summed E-state index contributed by atoms with van der Waals surface area (Å²) in [6.45, 7) is 6.09. The SMILES string of the molecule is CCNS(=O)(=O)NC1CC(N)C1(C)C. The zero-order valence-corrected chi connectivity index (χ0v) is 9.69. The van der Waals surface area contributed by atoms with E-state index in [2.05, 4.69) is 9.44 Å². The van der Waals surface area contributed by atoms with Crippen LogP contribution in [0.3, 0.4) is 0 Å². The third-order valence-corrected chi connectivity index (χ3v) is 4.24. The lowest BCUT2D eigenvalue weighted by atomic mass is 9.64. The van der Waals surface area contributed by atoms with Gasteiger partial charge in [0.25, 0.3) is 10.2 Å². The maximum atomic E-state index is 11.4. The highest BCUT2D eigenvalue weighted by atomic mass is 32.2. The van der Waals surface area contributed by atoms with E-state index in [9.17, 15) is 8.42 Å². The molecule has 0 bridgehead atoms. The van der Waals surface area contributed by atoms with Crippen molar-refractivity contribution in [2.24, 2.45) is 11.1 Å². The molecule has 1 fully saturated rings. The van der Waals surface area contributed by atoms with Gasteiger partial charge < -0.3 is 5.73 Å². The van der Waals surface area contributed by atoms with E-state index >= 15 is 0 Å². The van der Waals surface area contributed by atoms with Crippen LogP contribution < -0.4 is 15.2 Å². The molecule has 1 aliphatic carbocycles. The van der Waals surface area contributed by atoms with E-state index in [-0.39, 0.29) is 17.5 Å². The third-order valence-electron chi connectivity index (χ3n) is 2.98. The molecule has 0 radical (unpaired) electrons. The second-order valence-corrected chi connectivity index (χ2v) is 5.87. The van der Waals surface area contributed by atoms with E-state index in [1.54, 1.807) is 6.92 Å². The smallest absolute Gasteiger partial charge is 0.277 e. The van der Waals surface area contributed by atoms with Crippen LogP contribution in [0.1, 0.15) is 27.2 Å². The van der Waals surface area contributed by atoms with Crippen LogP contribution in [0.15, 0.2) is 0 Å². The van der Waals surface area contributed by atoms with Crippen LogP contribution in [0.4, 0.5) is 0 Å². The molecule has 14 heavy (non-hydrogen) atoms. The standard InChI is InChI=1S/C8H19N3O2S/c1-4-10-14(12,13)11-7-5-6(9)8(7,2)3/h6-7,10-11H,4-5,9H2,1-3H3. The molecular weight excluding hydrogens is 202 g/mol. The van der Waals surface area contributed by atoms with Crippen molar-refractivity contribution in [2.75, 3.05) is 6.54 Å². The van der Waals surface area contributed by atoms with Crippen molar-refractivity contribution in [1.82, 2.24) is 9.44 Å². The van der Waals surface area contributed by atoms with Crippen molar-refractivity contribution in [2.45, 2.75) is 39.3 Å². The largest absolute Gasteiger partial charge is 0.327 e. The summed E-state index contributed by atoms with van der Waals surface area (Å²) < 4.78 is 27.7. The van der Waals surface area contributed by atoms with Crippen LogP contribution in [0.25, 0.3) is 0 Å². The van der Waals surface area contributed by atoms with Crippen molar-refractivity contribution in [3.05, 3.63) is 0 Å². The Morgan fingerprint density at radius 1 is 1.50 bits per heavy atom. The fourth-order valence-electron chi connectivity index (χ4n) is 1.58. The fourth-order valence-corrected chi connectivity index (χ4v) is 2.82. The van der Waals surface area contributed by atoms with E-state index in [1.165, 1.54) is 0 Å². The van der Waals surface area contributed by atoms with Crippen molar-refractivity contribution in [1.29, 1.82) is 0 Å². The Balaban J connectivity index is 2.56. The number of nitrogens with two attached hydrogens (primary N) is 1. The normalized spacial score (nSPS) is 31.1. The molecule has 0 aliphatic heterocycles. The first-order valence-electron chi connectivity index (χ1n) is 4.82. The highest BCUT2D eigenvalue weighted by Gasteiger charge is 2.47. The molecule has 0 saturated heterocycles. The number of hydrogen-bond donors (Lipinski definition) is 3. The van der Waals surface area contributed by atoms with Gasteiger partial charge in [-0.05, 0) is 11.8 Å². The van der Waals surface area contributed by atoms with Crippen LogP contribution in [-0.4, -0.2) is 27.0 Å². The first kappa shape index (κ1) is 11.9. The fraction of sp³-hybridized carbons (Fsp3) is 1.00. The molecule has 0 aromatic rings. The average Bonchev–Trinajstić information content (AvgIpc) is 2.03. The summed E-state index contributed by atoms with van der Waals surface area (Å²) in [5, 5.41) is 0. The Kier molecular flexibility index (Phi) is 3.20. The highest BCUT2D eigenvalue weighted by Crippen LogP contribution is 2.39. The monoisotopic (exact) mass is 221 g/mol. The molecule has 1 saturated carbocycles. The lowest BCUT2D eigenvalue weighted by Crippen LogP contribution is -2.65. The van der Waals surface area contributed by atoms with Gasteiger partial charge in [-0.15, -0.1) is 0 Å². The zero-order chi connectivity index (χ0) is 11.0. The van der Waals surface area contributed by atoms with Crippen molar-refractivity contribution >= 4 is 10.2 Å². The molecule has 5 nitrogen and oxygen atoms in total. The maximum Gasteiger partial charge on any atom is 0.277 e. The first-order chi connectivity index (χ1) is 6.29. The molecule has 6 heteroatoms. The first-order valence-corrected chi connectivity index (χ1v) is 6.30. The lowest BCUT2D eigenvalue weighted by Gasteiger charge is -2.50. The van der Waals surface area contributed by atoms with E-state index in [4.69, 9.17) is 5.73 Å². The number of rotatable bonds is 4. The summed E-state index contributed by atoms with van der Waals surface area (Å²) in [7, 11) is -3.34. The molecule has 0 aromatic heterocycles. The summed E-state index contributed by atoms with van der Waals surface area (Å²) in [5.41, 5.74) is 5.63. The highest BCUT2D eigenvalue weighted by molar-refractivity contribution is 7.87. The molecule has 0 heterocycles. The number of hydrogen-bond acceptors (Lipinski definition) is 3. The van der Waals surface area contributed by atoms with Gasteiger partial charge in [0, 0.05) is 18.6 Å². The molecule has 0 aromatic carbocycles. The van der Waals surface area contributed by atoms with Crippen molar-refractivity contribution in [3.63, 3.8) is 0 Å². The molecule has 2 atom stereocenters. The molecule has 2 unspecified atom stereocenters. The predicted octanol–water partition coefficient (Wildman–Crippen LogP) is -0.444. The van der Waals surface area contributed by atoms with Crippen LogP contribution >= 0.6 is 0 Å².